The first-order valence-electron chi connectivity index (χ1n) is 10.5. The second kappa shape index (κ2) is 21.7. The van der Waals surface area contributed by atoms with E-state index in [0.717, 1.165) is 18.8 Å². The average Bonchev–Trinajstić information content (AvgIpc) is 2.65. The summed E-state index contributed by atoms with van der Waals surface area (Å²) in [4.78, 5) is 0. The molecule has 0 saturated carbocycles. The van der Waals surface area contributed by atoms with Gasteiger partial charge < -0.3 is 18.9 Å². The number of rotatable bonds is 22. The molecule has 0 spiro atoms. The van der Waals surface area contributed by atoms with Crippen LogP contribution in [0.4, 0.5) is 13.2 Å². The van der Waals surface area contributed by atoms with E-state index in [0.29, 0.717) is 26.4 Å². The van der Waals surface area contributed by atoms with E-state index in [-0.39, 0.29) is 19.8 Å². The van der Waals surface area contributed by atoms with Crippen LogP contribution in [0.1, 0.15) is 64.2 Å². The summed E-state index contributed by atoms with van der Waals surface area (Å²) in [5.74, 6) is 1.01. The van der Waals surface area contributed by atoms with E-state index in [4.69, 9.17) is 18.9 Å². The zero-order valence-corrected chi connectivity index (χ0v) is 18.0. The quantitative estimate of drug-likeness (QED) is 0.182. The number of halogens is 3. The van der Waals surface area contributed by atoms with E-state index in [1.54, 1.807) is 0 Å². The molecular weight excluding hydrogens is 393 g/mol. The molecule has 0 aliphatic rings. The highest BCUT2D eigenvalue weighted by molar-refractivity contribution is 7.80. The third kappa shape index (κ3) is 26.0. The Balaban J connectivity index is 3.01. The third-order valence-electron chi connectivity index (χ3n) is 4.09. The Hall–Kier alpha value is -0.0200. The molecule has 0 aliphatic heterocycles. The number of unbranched alkanes of at least 4 members (excludes halogenated alkanes) is 8. The summed E-state index contributed by atoms with van der Waals surface area (Å²) in [6.07, 6.45) is 6.39. The largest absolute Gasteiger partial charge is 0.391 e. The minimum Gasteiger partial charge on any atom is -0.379 e. The number of hydrogen-bond donors (Lipinski definition) is 1. The van der Waals surface area contributed by atoms with Gasteiger partial charge in [-0.25, -0.2) is 0 Å². The molecule has 8 heteroatoms. The molecule has 0 fully saturated rings. The second-order valence-corrected chi connectivity index (χ2v) is 7.17. The van der Waals surface area contributed by atoms with Crippen LogP contribution in [0.15, 0.2) is 0 Å². The normalized spacial score (nSPS) is 12.0. The van der Waals surface area contributed by atoms with Crippen LogP contribution < -0.4 is 0 Å². The molecule has 0 aromatic carbocycles. The van der Waals surface area contributed by atoms with Crippen molar-refractivity contribution < 1.29 is 32.1 Å². The number of thiol groups is 1. The summed E-state index contributed by atoms with van der Waals surface area (Å²) in [5.41, 5.74) is 0. The Labute approximate surface area is 174 Å². The summed E-state index contributed by atoms with van der Waals surface area (Å²) in [6.45, 7) is 2.83. The van der Waals surface area contributed by atoms with E-state index >= 15 is 0 Å². The minimum absolute atomic E-state index is 0.162. The molecule has 4 nitrogen and oxygen atoms in total. The van der Waals surface area contributed by atoms with E-state index in [9.17, 15) is 13.2 Å². The van der Waals surface area contributed by atoms with Crippen molar-refractivity contribution in [2.45, 2.75) is 70.4 Å². The highest BCUT2D eigenvalue weighted by atomic mass is 32.1. The van der Waals surface area contributed by atoms with Gasteiger partial charge in [0.1, 0.15) is 0 Å². The molecule has 28 heavy (non-hydrogen) atoms. The van der Waals surface area contributed by atoms with E-state index in [1.165, 1.54) is 51.4 Å². The van der Waals surface area contributed by atoms with E-state index in [1.807, 2.05) is 0 Å². The van der Waals surface area contributed by atoms with Gasteiger partial charge in [0.15, 0.2) is 0 Å². The van der Waals surface area contributed by atoms with Crippen LogP contribution in [-0.2, 0) is 18.9 Å². The summed E-state index contributed by atoms with van der Waals surface area (Å²) >= 11 is 4.22. The number of alkyl halides is 3. The first-order valence-corrected chi connectivity index (χ1v) is 11.2. The Kier molecular flexibility index (Phi) is 21.7. The monoisotopic (exact) mass is 432 g/mol. The molecule has 0 amide bonds. The van der Waals surface area contributed by atoms with Gasteiger partial charge in [-0.15, -0.1) is 0 Å². The van der Waals surface area contributed by atoms with Crippen molar-refractivity contribution in [3.8, 4) is 0 Å². The van der Waals surface area contributed by atoms with Gasteiger partial charge in [0, 0.05) is 6.61 Å². The molecule has 0 aromatic heterocycles. The lowest BCUT2D eigenvalue weighted by Crippen LogP contribution is -2.15. The predicted molar refractivity (Wildman–Crippen MR) is 109 cm³/mol. The van der Waals surface area contributed by atoms with Crippen molar-refractivity contribution in [2.75, 3.05) is 58.6 Å². The first kappa shape index (κ1) is 28.0. The molecule has 0 atom stereocenters. The van der Waals surface area contributed by atoms with Crippen LogP contribution in [0.25, 0.3) is 0 Å². The summed E-state index contributed by atoms with van der Waals surface area (Å²) in [5, 5.41) is 0. The van der Waals surface area contributed by atoms with Crippen LogP contribution in [0.5, 0.6) is 0 Å². The second-order valence-electron chi connectivity index (χ2n) is 6.72. The van der Waals surface area contributed by atoms with Gasteiger partial charge in [-0.3, -0.25) is 0 Å². The zero-order chi connectivity index (χ0) is 20.8. The van der Waals surface area contributed by atoms with Crippen LogP contribution in [0.2, 0.25) is 0 Å². The molecule has 170 valence electrons. The summed E-state index contributed by atoms with van der Waals surface area (Å²) in [7, 11) is 0. The number of hydrogen-bond acceptors (Lipinski definition) is 5. The Morgan fingerprint density at radius 3 is 1.25 bits per heavy atom. The molecule has 0 radical (unpaired) electrons. The molecule has 0 aliphatic carbocycles. The van der Waals surface area contributed by atoms with E-state index < -0.39 is 12.6 Å². The Morgan fingerprint density at radius 2 is 0.821 bits per heavy atom. The third-order valence-corrected chi connectivity index (χ3v) is 4.41. The standard InChI is InChI=1S/C20H39F3O4S/c21-20(22,23)10-12-25-14-16-27-18-17-26-15-13-24-11-8-6-4-2-1-3-5-7-9-19-28/h28H,1-19H2. The highest BCUT2D eigenvalue weighted by Gasteiger charge is 2.26. The van der Waals surface area contributed by atoms with Crippen molar-refractivity contribution in [3.05, 3.63) is 0 Å². The first-order chi connectivity index (χ1) is 13.6. The lowest BCUT2D eigenvalue weighted by atomic mass is 10.1. The smallest absolute Gasteiger partial charge is 0.379 e. The summed E-state index contributed by atoms with van der Waals surface area (Å²) in [6, 6.07) is 0. The maximum absolute atomic E-state index is 11.9. The topological polar surface area (TPSA) is 36.9 Å². The molecule has 0 rings (SSSR count). The maximum Gasteiger partial charge on any atom is 0.391 e. The van der Waals surface area contributed by atoms with Crippen molar-refractivity contribution in [1.82, 2.24) is 0 Å². The van der Waals surface area contributed by atoms with Crippen molar-refractivity contribution in [3.63, 3.8) is 0 Å². The fourth-order valence-corrected chi connectivity index (χ4v) is 2.73. The zero-order valence-electron chi connectivity index (χ0n) is 17.1. The molecule has 0 saturated heterocycles. The molecular formula is C20H39F3O4S. The lowest BCUT2D eigenvalue weighted by molar-refractivity contribution is -0.146. The molecule has 0 unspecified atom stereocenters. The van der Waals surface area contributed by atoms with E-state index in [2.05, 4.69) is 12.6 Å². The van der Waals surface area contributed by atoms with Crippen LogP contribution in [-0.4, -0.2) is 64.8 Å². The Bertz CT molecular complexity index is 308. The maximum atomic E-state index is 11.9. The fourth-order valence-electron chi connectivity index (χ4n) is 2.50. The molecule has 0 N–H and O–H groups in total. The van der Waals surface area contributed by atoms with Gasteiger partial charge >= 0.3 is 6.18 Å². The predicted octanol–water partition coefficient (Wildman–Crippen LogP) is 5.45. The van der Waals surface area contributed by atoms with Gasteiger partial charge in [-0.2, -0.15) is 25.8 Å². The summed E-state index contributed by atoms with van der Waals surface area (Å²) < 4.78 is 56.5. The van der Waals surface area contributed by atoms with Crippen LogP contribution in [0, 0.1) is 0 Å². The van der Waals surface area contributed by atoms with Gasteiger partial charge in [0.2, 0.25) is 0 Å². The SMILES string of the molecule is FC(F)(F)CCOCCOCCOCCOCCCCCCCCCCCS. The van der Waals surface area contributed by atoms with Crippen molar-refractivity contribution >= 4 is 12.6 Å². The van der Waals surface area contributed by atoms with Crippen LogP contribution >= 0.6 is 12.6 Å². The van der Waals surface area contributed by atoms with Crippen molar-refractivity contribution in [1.29, 1.82) is 0 Å². The fraction of sp³-hybridized carbons (Fsp3) is 1.00. The van der Waals surface area contributed by atoms with Gasteiger partial charge in [0.25, 0.3) is 0 Å². The van der Waals surface area contributed by atoms with Crippen LogP contribution in [0.3, 0.4) is 0 Å². The van der Waals surface area contributed by atoms with Gasteiger partial charge in [-0.1, -0.05) is 44.9 Å². The molecule has 0 bridgehead atoms. The average molecular weight is 433 g/mol. The molecule has 0 aromatic rings. The van der Waals surface area contributed by atoms with Crippen molar-refractivity contribution in [2.24, 2.45) is 0 Å². The highest BCUT2D eigenvalue weighted by Crippen LogP contribution is 2.18. The van der Waals surface area contributed by atoms with Gasteiger partial charge in [0.05, 0.1) is 52.7 Å². The minimum atomic E-state index is -4.16. The van der Waals surface area contributed by atoms with Gasteiger partial charge in [-0.05, 0) is 18.6 Å². The Morgan fingerprint density at radius 1 is 0.464 bits per heavy atom. The number of ether oxygens (including phenoxy) is 4. The molecule has 0 heterocycles. The lowest BCUT2D eigenvalue weighted by Gasteiger charge is -2.08.